The molecule has 0 aromatic rings. The van der Waals surface area contributed by atoms with Gasteiger partial charge in [0.25, 0.3) is 0 Å². The van der Waals surface area contributed by atoms with Gasteiger partial charge in [-0.2, -0.15) is 0 Å². The van der Waals surface area contributed by atoms with E-state index in [0.717, 1.165) is 12.5 Å². The van der Waals surface area contributed by atoms with Crippen molar-refractivity contribution in [3.8, 4) is 0 Å². The summed E-state index contributed by atoms with van der Waals surface area (Å²) in [6.07, 6.45) is 3.49. The van der Waals surface area contributed by atoms with Gasteiger partial charge in [0.1, 0.15) is 0 Å². The monoisotopic (exact) mass is 84.1 g/mol. The summed E-state index contributed by atoms with van der Waals surface area (Å²) in [5.74, 6) is 0.991. The number of ether oxygens (including phenoxy) is 1. The van der Waals surface area contributed by atoms with Crippen molar-refractivity contribution in [2.45, 2.75) is 18.9 Å². The van der Waals surface area contributed by atoms with Gasteiger partial charge < -0.3 is 4.74 Å². The van der Waals surface area contributed by atoms with E-state index in [9.17, 15) is 0 Å². The second-order valence-corrected chi connectivity index (χ2v) is 2.21. The van der Waals surface area contributed by atoms with Gasteiger partial charge in [-0.3, -0.25) is 0 Å². The van der Waals surface area contributed by atoms with Crippen molar-refractivity contribution >= 4 is 0 Å². The van der Waals surface area contributed by atoms with Gasteiger partial charge in [0.15, 0.2) is 0 Å². The lowest BCUT2D eigenvalue weighted by Gasteiger charge is -2.45. The third-order valence-electron chi connectivity index (χ3n) is 1.87. The van der Waals surface area contributed by atoms with E-state index in [0.29, 0.717) is 6.10 Å². The van der Waals surface area contributed by atoms with Crippen molar-refractivity contribution in [1.82, 2.24) is 0 Å². The smallest absolute Gasteiger partial charge is 0.0625 e. The van der Waals surface area contributed by atoms with Gasteiger partial charge in [-0.05, 0) is 12.8 Å². The molecule has 2 aliphatic rings. The Morgan fingerprint density at radius 2 is 2.17 bits per heavy atom. The molecule has 1 nitrogen and oxygen atoms in total. The van der Waals surface area contributed by atoms with E-state index >= 15 is 0 Å². The van der Waals surface area contributed by atoms with E-state index in [1.54, 1.807) is 0 Å². The lowest BCUT2D eigenvalue weighted by molar-refractivity contribution is -0.173. The van der Waals surface area contributed by atoms with Crippen LogP contribution in [0.15, 0.2) is 0 Å². The summed E-state index contributed by atoms with van der Waals surface area (Å²) in [6, 6.07) is 0. The first kappa shape index (κ1) is 3.03. The number of fused-ring (bicyclic) bond motifs is 1. The molecule has 0 bridgehead atoms. The molecule has 0 aromatic carbocycles. The van der Waals surface area contributed by atoms with Crippen molar-refractivity contribution in [2.24, 2.45) is 5.92 Å². The van der Waals surface area contributed by atoms with Gasteiger partial charge in [0.2, 0.25) is 0 Å². The molecule has 0 radical (unpaired) electrons. The maximum Gasteiger partial charge on any atom is 0.0625 e. The molecule has 1 unspecified atom stereocenters. The minimum Gasteiger partial charge on any atom is -0.377 e. The van der Waals surface area contributed by atoms with Crippen LogP contribution in [0.25, 0.3) is 0 Å². The Bertz CT molecular complexity index is 52.3. The Balaban J connectivity index is 2.03. The van der Waals surface area contributed by atoms with Crippen molar-refractivity contribution in [3.63, 3.8) is 0 Å². The van der Waals surface area contributed by atoms with E-state index in [1.807, 2.05) is 0 Å². The van der Waals surface area contributed by atoms with Gasteiger partial charge in [-0.1, -0.05) is 0 Å². The molecule has 1 saturated carbocycles. The SMILES string of the molecule is C1C[C@@H]2COC12. The Hall–Kier alpha value is -0.0400. The van der Waals surface area contributed by atoms with Gasteiger partial charge in [-0.25, -0.2) is 0 Å². The third-order valence-corrected chi connectivity index (χ3v) is 1.87. The zero-order valence-corrected chi connectivity index (χ0v) is 3.68. The maximum absolute atomic E-state index is 5.13. The molecule has 0 aromatic heterocycles. The molecular weight excluding hydrogens is 76.1 g/mol. The molecule has 0 spiro atoms. The Labute approximate surface area is 37.3 Å². The molecule has 1 heterocycles. The largest absolute Gasteiger partial charge is 0.377 e. The van der Waals surface area contributed by atoms with E-state index in [1.165, 1.54) is 12.8 Å². The maximum atomic E-state index is 5.13. The van der Waals surface area contributed by atoms with Crippen LogP contribution in [0.1, 0.15) is 12.8 Å². The molecule has 0 N–H and O–H groups in total. The topological polar surface area (TPSA) is 9.23 Å². The predicted octanol–water partition coefficient (Wildman–Crippen LogP) is 0.795. The average Bonchev–Trinajstić information content (AvgIpc) is 1.54. The first-order chi connectivity index (χ1) is 2.97. The summed E-state index contributed by atoms with van der Waals surface area (Å²) in [5, 5.41) is 0. The van der Waals surface area contributed by atoms with Gasteiger partial charge in [0.05, 0.1) is 12.7 Å². The van der Waals surface area contributed by atoms with Crippen molar-refractivity contribution in [2.75, 3.05) is 6.61 Å². The van der Waals surface area contributed by atoms with E-state index in [-0.39, 0.29) is 0 Å². The molecule has 1 saturated heterocycles. The highest BCUT2D eigenvalue weighted by atomic mass is 16.5. The Kier molecular flexibility index (Phi) is 0.396. The lowest BCUT2D eigenvalue weighted by atomic mass is 9.78. The summed E-state index contributed by atoms with van der Waals surface area (Å²) < 4.78 is 5.13. The molecule has 6 heavy (non-hydrogen) atoms. The van der Waals surface area contributed by atoms with Crippen LogP contribution in [0.2, 0.25) is 0 Å². The first-order valence-electron chi connectivity index (χ1n) is 2.58. The van der Waals surface area contributed by atoms with Crippen LogP contribution in [0.3, 0.4) is 0 Å². The summed E-state index contributed by atoms with van der Waals surface area (Å²) in [4.78, 5) is 0. The van der Waals surface area contributed by atoms with Crippen LogP contribution >= 0.6 is 0 Å². The fraction of sp³-hybridized carbons (Fsp3) is 1.00. The summed E-state index contributed by atoms with van der Waals surface area (Å²) in [6.45, 7) is 1.06. The number of rotatable bonds is 0. The van der Waals surface area contributed by atoms with E-state index in [2.05, 4.69) is 0 Å². The quantitative estimate of drug-likeness (QED) is 0.421. The summed E-state index contributed by atoms with van der Waals surface area (Å²) in [7, 11) is 0. The normalized spacial score (nSPS) is 52.0. The molecule has 0 amide bonds. The lowest BCUT2D eigenvalue weighted by Crippen LogP contribution is -2.47. The second-order valence-electron chi connectivity index (χ2n) is 2.21. The predicted molar refractivity (Wildman–Crippen MR) is 22.5 cm³/mol. The molecule has 2 fully saturated rings. The molecule has 1 heteroatoms. The number of hydrogen-bond donors (Lipinski definition) is 0. The van der Waals surface area contributed by atoms with Crippen LogP contribution in [-0.2, 0) is 4.74 Å². The first-order valence-corrected chi connectivity index (χ1v) is 2.58. The fourth-order valence-corrected chi connectivity index (χ4v) is 1.07. The summed E-state index contributed by atoms with van der Waals surface area (Å²) in [5.41, 5.74) is 0. The zero-order chi connectivity index (χ0) is 3.98. The fourth-order valence-electron chi connectivity index (χ4n) is 1.07. The minimum atomic E-state index is 0.713. The van der Waals surface area contributed by atoms with Crippen molar-refractivity contribution < 1.29 is 4.74 Å². The Morgan fingerprint density at radius 1 is 1.33 bits per heavy atom. The molecule has 2 atom stereocenters. The van der Waals surface area contributed by atoms with E-state index in [4.69, 9.17) is 4.74 Å². The average molecular weight is 84.1 g/mol. The molecule has 1 aliphatic carbocycles. The molecule has 34 valence electrons. The third kappa shape index (κ3) is 0.178. The van der Waals surface area contributed by atoms with Gasteiger partial charge in [-0.15, -0.1) is 0 Å². The zero-order valence-electron chi connectivity index (χ0n) is 3.68. The van der Waals surface area contributed by atoms with Crippen LogP contribution < -0.4 is 0 Å². The van der Waals surface area contributed by atoms with Crippen molar-refractivity contribution in [1.29, 1.82) is 0 Å². The Morgan fingerprint density at radius 3 is 2.17 bits per heavy atom. The number of hydrogen-bond acceptors (Lipinski definition) is 1. The van der Waals surface area contributed by atoms with Crippen LogP contribution in [0, 0.1) is 5.92 Å². The van der Waals surface area contributed by atoms with Crippen molar-refractivity contribution in [3.05, 3.63) is 0 Å². The second kappa shape index (κ2) is 0.784. The van der Waals surface area contributed by atoms with Gasteiger partial charge in [0, 0.05) is 5.92 Å². The van der Waals surface area contributed by atoms with Crippen LogP contribution in [0.4, 0.5) is 0 Å². The van der Waals surface area contributed by atoms with Crippen LogP contribution in [0.5, 0.6) is 0 Å². The van der Waals surface area contributed by atoms with Crippen LogP contribution in [-0.4, -0.2) is 12.7 Å². The molecule has 2 rings (SSSR count). The highest BCUT2D eigenvalue weighted by Crippen LogP contribution is 2.38. The minimum absolute atomic E-state index is 0.713. The highest BCUT2D eigenvalue weighted by Gasteiger charge is 2.39. The van der Waals surface area contributed by atoms with E-state index < -0.39 is 0 Å². The van der Waals surface area contributed by atoms with Gasteiger partial charge >= 0.3 is 0 Å². The molecule has 1 aliphatic heterocycles. The highest BCUT2D eigenvalue weighted by molar-refractivity contribution is 4.88. The summed E-state index contributed by atoms with van der Waals surface area (Å²) >= 11 is 0. The standard InChI is InChI=1S/C5H8O/c1-2-5-4(1)3-6-5/h4-5H,1-3H2/t4-,5?/m1/s1. The molecular formula is C5H8O.